The van der Waals surface area contributed by atoms with E-state index < -0.39 is 6.04 Å². The molecule has 2 aromatic rings. The highest BCUT2D eigenvalue weighted by Gasteiger charge is 2.42. The second-order valence-electron chi connectivity index (χ2n) is 11.5. The van der Waals surface area contributed by atoms with Crippen molar-refractivity contribution in [1.29, 1.82) is 0 Å². The summed E-state index contributed by atoms with van der Waals surface area (Å²) in [5.41, 5.74) is 2.77. The van der Waals surface area contributed by atoms with Crippen molar-refractivity contribution in [3.05, 3.63) is 53.1 Å². The van der Waals surface area contributed by atoms with Crippen LogP contribution in [0.5, 0.6) is 5.75 Å². The number of nitrogens with zero attached hydrogens (tertiary/aromatic N) is 4. The molecular weight excluding hydrogens is 482 g/mol. The van der Waals surface area contributed by atoms with Crippen LogP contribution in [0, 0.1) is 0 Å². The molecule has 38 heavy (non-hydrogen) atoms. The van der Waals surface area contributed by atoms with Gasteiger partial charge in [-0.1, -0.05) is 6.42 Å². The van der Waals surface area contributed by atoms with Gasteiger partial charge in [0.1, 0.15) is 23.7 Å². The van der Waals surface area contributed by atoms with Crippen LogP contribution in [0.2, 0.25) is 0 Å². The van der Waals surface area contributed by atoms with Crippen LogP contribution in [0.3, 0.4) is 0 Å². The van der Waals surface area contributed by atoms with E-state index in [-0.39, 0.29) is 30.2 Å². The highest BCUT2D eigenvalue weighted by atomic mass is 16.5. The summed E-state index contributed by atoms with van der Waals surface area (Å²) in [4.78, 5) is 50.3. The summed E-state index contributed by atoms with van der Waals surface area (Å²) in [7, 11) is 0. The Bertz CT molecular complexity index is 1270. The van der Waals surface area contributed by atoms with E-state index >= 15 is 0 Å². The molecule has 3 unspecified atom stereocenters. The minimum Gasteiger partial charge on any atom is -0.489 e. The Kier molecular flexibility index (Phi) is 5.91. The van der Waals surface area contributed by atoms with Crippen molar-refractivity contribution in [2.45, 2.75) is 87.9 Å². The molecule has 4 fully saturated rings. The highest BCUT2D eigenvalue weighted by Crippen LogP contribution is 2.40. The van der Waals surface area contributed by atoms with Gasteiger partial charge in [-0.15, -0.1) is 0 Å². The fourth-order valence-corrected chi connectivity index (χ4v) is 6.56. The molecule has 4 heterocycles. The first kappa shape index (κ1) is 23.8. The maximum Gasteiger partial charge on any atom is 0.255 e. The number of imide groups is 1. The molecule has 1 N–H and O–H groups in total. The van der Waals surface area contributed by atoms with E-state index in [0.717, 1.165) is 49.5 Å². The highest BCUT2D eigenvalue weighted by molar-refractivity contribution is 6.05. The Hall–Kier alpha value is -3.33. The fraction of sp³-hybridized carbons (Fsp3) is 0.552. The van der Waals surface area contributed by atoms with Gasteiger partial charge in [-0.3, -0.25) is 24.6 Å². The summed E-state index contributed by atoms with van der Waals surface area (Å²) < 4.78 is 6.56. The zero-order valence-electron chi connectivity index (χ0n) is 21.5. The van der Waals surface area contributed by atoms with Crippen LogP contribution >= 0.6 is 0 Å². The van der Waals surface area contributed by atoms with Crippen molar-refractivity contribution in [2.24, 2.45) is 0 Å². The molecule has 0 radical (unpaired) electrons. The molecule has 5 aliphatic rings. The number of amides is 3. The van der Waals surface area contributed by atoms with E-state index in [9.17, 15) is 14.4 Å². The lowest BCUT2D eigenvalue weighted by Gasteiger charge is -2.47. The van der Waals surface area contributed by atoms with Crippen LogP contribution in [0.25, 0.3) is 0 Å². The zero-order valence-corrected chi connectivity index (χ0v) is 21.5. The van der Waals surface area contributed by atoms with Gasteiger partial charge in [-0.05, 0) is 73.8 Å². The molecule has 2 saturated heterocycles. The first-order valence-electron chi connectivity index (χ1n) is 14.0. The molecule has 2 aliphatic carbocycles. The predicted octanol–water partition coefficient (Wildman–Crippen LogP) is 2.90. The molecule has 9 heteroatoms. The quantitative estimate of drug-likeness (QED) is 0.590. The maximum atomic E-state index is 13.0. The minimum atomic E-state index is -0.604. The topological polar surface area (TPSA) is 105 Å². The molecule has 3 amide bonds. The first-order valence-corrected chi connectivity index (χ1v) is 14.0. The molecule has 1 aromatic carbocycles. The minimum absolute atomic E-state index is 0.101. The number of rotatable bonds is 6. The summed E-state index contributed by atoms with van der Waals surface area (Å²) in [5.74, 6) is 1.98. The average molecular weight is 516 g/mol. The van der Waals surface area contributed by atoms with Crippen molar-refractivity contribution < 1.29 is 19.1 Å². The Morgan fingerprint density at radius 1 is 0.921 bits per heavy atom. The summed E-state index contributed by atoms with van der Waals surface area (Å²) in [6.45, 7) is 2.29. The molecule has 2 saturated carbocycles. The number of ether oxygens (including phenoxy) is 1. The Labute approximate surface area is 222 Å². The number of hydrogen-bond acceptors (Lipinski definition) is 7. The molecule has 9 nitrogen and oxygen atoms in total. The molecule has 7 rings (SSSR count). The van der Waals surface area contributed by atoms with E-state index in [1.165, 1.54) is 24.8 Å². The van der Waals surface area contributed by atoms with Crippen molar-refractivity contribution in [3.8, 4) is 5.75 Å². The number of aromatic nitrogens is 2. The van der Waals surface area contributed by atoms with Gasteiger partial charge in [0.15, 0.2) is 0 Å². The molecule has 0 spiro atoms. The predicted molar refractivity (Wildman–Crippen MR) is 137 cm³/mol. The average Bonchev–Trinajstić information content (AvgIpc) is 3.69. The van der Waals surface area contributed by atoms with Gasteiger partial charge in [0, 0.05) is 56.0 Å². The van der Waals surface area contributed by atoms with E-state index in [4.69, 9.17) is 4.74 Å². The third-order valence-electron chi connectivity index (χ3n) is 8.93. The van der Waals surface area contributed by atoms with Crippen LogP contribution < -0.4 is 10.1 Å². The van der Waals surface area contributed by atoms with Crippen LogP contribution in [0.4, 0.5) is 0 Å². The van der Waals surface area contributed by atoms with Crippen molar-refractivity contribution in [2.75, 3.05) is 13.1 Å². The van der Waals surface area contributed by atoms with Gasteiger partial charge in [0.25, 0.3) is 5.91 Å². The van der Waals surface area contributed by atoms with E-state index in [2.05, 4.69) is 20.2 Å². The lowest BCUT2D eigenvalue weighted by atomic mass is 9.86. The first-order chi connectivity index (χ1) is 18.5. The van der Waals surface area contributed by atoms with E-state index in [1.54, 1.807) is 4.90 Å². The lowest BCUT2D eigenvalue weighted by Crippen LogP contribution is -2.57. The number of piperidine rings is 1. The molecule has 3 aliphatic heterocycles. The van der Waals surface area contributed by atoms with Crippen molar-refractivity contribution in [3.63, 3.8) is 0 Å². The summed E-state index contributed by atoms with van der Waals surface area (Å²) in [6, 6.07) is 5.41. The van der Waals surface area contributed by atoms with Gasteiger partial charge >= 0.3 is 0 Å². The summed E-state index contributed by atoms with van der Waals surface area (Å²) in [6.07, 6.45) is 11.8. The molecule has 1 aromatic heterocycles. The monoisotopic (exact) mass is 515 g/mol. The van der Waals surface area contributed by atoms with Crippen molar-refractivity contribution in [1.82, 2.24) is 25.1 Å². The van der Waals surface area contributed by atoms with E-state index in [0.29, 0.717) is 36.4 Å². The normalized spacial score (nSPS) is 28.2. The number of carbonyl (C=O) groups is 3. The Morgan fingerprint density at radius 2 is 1.71 bits per heavy atom. The second-order valence-corrected chi connectivity index (χ2v) is 11.5. The Morgan fingerprint density at radius 3 is 2.47 bits per heavy atom. The second kappa shape index (κ2) is 9.45. The third-order valence-corrected chi connectivity index (χ3v) is 8.93. The van der Waals surface area contributed by atoms with Gasteiger partial charge in [-0.2, -0.15) is 0 Å². The van der Waals surface area contributed by atoms with Gasteiger partial charge < -0.3 is 9.64 Å². The SMILES string of the molecule is O=C1CCC(N2Cc3cc(OC4CCCCC4N4CC(c5ncc(C6CC6)cn5)C4)ccc3C2=O)C(=O)N1. The number of likely N-dealkylation sites (tertiary alicyclic amines) is 1. The van der Waals surface area contributed by atoms with Gasteiger partial charge in [0.05, 0.1) is 0 Å². The molecule has 198 valence electrons. The third kappa shape index (κ3) is 4.36. The van der Waals surface area contributed by atoms with E-state index in [1.807, 2.05) is 30.6 Å². The number of nitrogens with one attached hydrogen (secondary N) is 1. The van der Waals surface area contributed by atoms with Crippen LogP contribution in [0.15, 0.2) is 30.6 Å². The number of carbonyl (C=O) groups excluding carboxylic acids is 3. The smallest absolute Gasteiger partial charge is 0.255 e. The standard InChI is InChI=1S/C29H33N5O4/c35-26-10-9-24(28(36)32-26)34-16-18-11-21(7-8-22(18)29(34)37)38-25-4-2-1-3-23(25)33-14-20(15-33)27-30-12-19(13-31-27)17-5-6-17/h7-8,11-13,17,20,23-25H,1-6,9-10,14-16H2,(H,32,35,36). The van der Waals surface area contributed by atoms with Gasteiger partial charge in [0.2, 0.25) is 11.8 Å². The molecule has 3 atom stereocenters. The molecular formula is C29H33N5O4. The van der Waals surface area contributed by atoms with Crippen molar-refractivity contribution >= 4 is 17.7 Å². The Balaban J connectivity index is 0.997. The number of hydrogen-bond donors (Lipinski definition) is 1. The van der Waals surface area contributed by atoms with Gasteiger partial charge in [-0.25, -0.2) is 9.97 Å². The number of benzene rings is 1. The lowest BCUT2D eigenvalue weighted by molar-refractivity contribution is -0.136. The van der Waals surface area contributed by atoms with Crippen LogP contribution in [-0.2, 0) is 16.1 Å². The van der Waals surface area contributed by atoms with Crippen LogP contribution in [0.1, 0.15) is 90.5 Å². The molecule has 0 bridgehead atoms. The zero-order chi connectivity index (χ0) is 25.8. The summed E-state index contributed by atoms with van der Waals surface area (Å²) in [5, 5.41) is 2.36. The number of fused-ring (bicyclic) bond motifs is 1. The fourth-order valence-electron chi connectivity index (χ4n) is 6.56. The summed E-state index contributed by atoms with van der Waals surface area (Å²) >= 11 is 0. The van der Waals surface area contributed by atoms with Crippen LogP contribution in [-0.4, -0.2) is 68.8 Å². The maximum absolute atomic E-state index is 13.0. The largest absolute Gasteiger partial charge is 0.489 e.